The van der Waals surface area contributed by atoms with Crippen LogP contribution in [0.2, 0.25) is 0 Å². The van der Waals surface area contributed by atoms with Crippen LogP contribution in [0.5, 0.6) is 11.5 Å². The molecular formula is C21H33N3O3. The number of ether oxygens (including phenoxy) is 2. The first-order valence-corrected chi connectivity index (χ1v) is 10.1. The predicted octanol–water partition coefficient (Wildman–Crippen LogP) is 2.97. The molecular weight excluding hydrogens is 342 g/mol. The van der Waals surface area contributed by atoms with Crippen molar-refractivity contribution in [2.24, 2.45) is 11.8 Å². The first kappa shape index (κ1) is 19.8. The van der Waals surface area contributed by atoms with E-state index in [1.807, 2.05) is 17.9 Å². The van der Waals surface area contributed by atoms with Crippen LogP contribution in [0.3, 0.4) is 0 Å². The second-order valence-electron chi connectivity index (χ2n) is 7.58. The van der Waals surface area contributed by atoms with E-state index in [0.29, 0.717) is 6.61 Å². The van der Waals surface area contributed by atoms with Gasteiger partial charge in [-0.3, -0.25) is 4.90 Å². The number of methoxy groups -OCH3 is 1. The number of carbonyl (C=O) groups is 1. The molecule has 2 saturated heterocycles. The predicted molar refractivity (Wildman–Crippen MR) is 106 cm³/mol. The molecule has 2 fully saturated rings. The normalized spacial score (nSPS) is 21.3. The number of piperidine rings is 1. The van der Waals surface area contributed by atoms with Gasteiger partial charge in [0.15, 0.2) is 11.5 Å². The van der Waals surface area contributed by atoms with Crippen LogP contribution >= 0.6 is 0 Å². The lowest BCUT2D eigenvalue weighted by molar-refractivity contribution is 0.150. The third-order valence-corrected chi connectivity index (χ3v) is 5.95. The first-order chi connectivity index (χ1) is 13.1. The van der Waals surface area contributed by atoms with E-state index in [4.69, 9.17) is 9.47 Å². The van der Waals surface area contributed by atoms with Gasteiger partial charge in [-0.05, 0) is 62.3 Å². The summed E-state index contributed by atoms with van der Waals surface area (Å²) in [6, 6.07) is 6.31. The molecule has 3 rings (SSSR count). The van der Waals surface area contributed by atoms with Crippen LogP contribution in [-0.2, 0) is 6.54 Å². The zero-order valence-electron chi connectivity index (χ0n) is 16.9. The summed E-state index contributed by atoms with van der Waals surface area (Å²) in [7, 11) is 3.40. The molecule has 0 saturated carbocycles. The number of urea groups is 1. The maximum Gasteiger partial charge on any atom is 0.317 e. The number of nitrogens with one attached hydrogen (secondary N) is 1. The van der Waals surface area contributed by atoms with Crippen LogP contribution in [-0.4, -0.2) is 62.8 Å². The van der Waals surface area contributed by atoms with Crippen molar-refractivity contribution in [3.05, 3.63) is 23.8 Å². The topological polar surface area (TPSA) is 54.0 Å². The van der Waals surface area contributed by atoms with Crippen molar-refractivity contribution in [2.45, 2.75) is 32.7 Å². The van der Waals surface area contributed by atoms with Crippen molar-refractivity contribution in [3.63, 3.8) is 0 Å². The van der Waals surface area contributed by atoms with Gasteiger partial charge in [0.2, 0.25) is 0 Å². The van der Waals surface area contributed by atoms with Gasteiger partial charge in [-0.1, -0.05) is 6.07 Å². The highest BCUT2D eigenvalue weighted by Gasteiger charge is 2.32. The molecule has 150 valence electrons. The maximum absolute atomic E-state index is 11.8. The lowest BCUT2D eigenvalue weighted by Gasteiger charge is -2.34. The minimum Gasteiger partial charge on any atom is -0.493 e. The van der Waals surface area contributed by atoms with Gasteiger partial charge in [0.1, 0.15) is 0 Å². The fourth-order valence-corrected chi connectivity index (χ4v) is 4.47. The number of hydrogen-bond donors (Lipinski definition) is 1. The molecule has 2 amide bonds. The Morgan fingerprint density at radius 1 is 1.15 bits per heavy atom. The SMILES string of the molecule is CCOc1ccc(CN2CCC(C3CCN(C(=O)NC)CC3)C2)cc1OC. The smallest absolute Gasteiger partial charge is 0.317 e. The lowest BCUT2D eigenvalue weighted by Crippen LogP contribution is -2.44. The Balaban J connectivity index is 1.51. The summed E-state index contributed by atoms with van der Waals surface area (Å²) in [4.78, 5) is 16.2. The van der Waals surface area contributed by atoms with Gasteiger partial charge < -0.3 is 19.7 Å². The molecule has 0 aliphatic carbocycles. The van der Waals surface area contributed by atoms with Crippen LogP contribution in [0, 0.1) is 11.8 Å². The van der Waals surface area contributed by atoms with Gasteiger partial charge in [-0.2, -0.15) is 0 Å². The molecule has 1 N–H and O–H groups in total. The summed E-state index contributed by atoms with van der Waals surface area (Å²) in [6.07, 6.45) is 3.52. The maximum atomic E-state index is 11.8. The average molecular weight is 376 g/mol. The van der Waals surface area contributed by atoms with E-state index in [2.05, 4.69) is 22.3 Å². The summed E-state index contributed by atoms with van der Waals surface area (Å²) in [5.74, 6) is 3.12. The van der Waals surface area contributed by atoms with Crippen LogP contribution in [0.15, 0.2) is 18.2 Å². The zero-order chi connectivity index (χ0) is 19.2. The molecule has 2 aliphatic heterocycles. The van der Waals surface area contributed by atoms with Gasteiger partial charge in [0, 0.05) is 33.2 Å². The van der Waals surface area contributed by atoms with Gasteiger partial charge in [-0.25, -0.2) is 4.79 Å². The molecule has 0 spiro atoms. The van der Waals surface area contributed by atoms with Crippen molar-refractivity contribution >= 4 is 6.03 Å². The number of amides is 2. The van der Waals surface area contributed by atoms with Crippen molar-refractivity contribution < 1.29 is 14.3 Å². The molecule has 0 radical (unpaired) electrons. The molecule has 0 aromatic heterocycles. The summed E-state index contributed by atoms with van der Waals surface area (Å²) in [6.45, 7) is 7.65. The fourth-order valence-electron chi connectivity index (χ4n) is 4.47. The summed E-state index contributed by atoms with van der Waals surface area (Å²) >= 11 is 0. The Bertz CT molecular complexity index is 629. The Morgan fingerprint density at radius 3 is 2.56 bits per heavy atom. The second-order valence-corrected chi connectivity index (χ2v) is 7.58. The van der Waals surface area contributed by atoms with E-state index in [1.165, 1.54) is 12.0 Å². The van der Waals surface area contributed by atoms with Gasteiger partial charge >= 0.3 is 6.03 Å². The van der Waals surface area contributed by atoms with E-state index < -0.39 is 0 Å². The summed E-state index contributed by atoms with van der Waals surface area (Å²) in [5.41, 5.74) is 1.27. The quantitative estimate of drug-likeness (QED) is 0.831. The van der Waals surface area contributed by atoms with E-state index >= 15 is 0 Å². The summed E-state index contributed by atoms with van der Waals surface area (Å²) < 4.78 is 11.1. The van der Waals surface area contributed by atoms with Gasteiger partial charge in [-0.15, -0.1) is 0 Å². The molecule has 6 heteroatoms. The fraction of sp³-hybridized carbons (Fsp3) is 0.667. The van der Waals surface area contributed by atoms with E-state index in [-0.39, 0.29) is 6.03 Å². The standard InChI is InChI=1S/C21H33N3O3/c1-4-27-19-6-5-16(13-20(19)26-3)14-23-10-7-18(15-23)17-8-11-24(12-9-17)21(25)22-2/h5-6,13,17-18H,4,7-12,14-15H2,1-3H3,(H,22,25). The number of rotatable bonds is 6. The van der Waals surface area contributed by atoms with Crippen LogP contribution in [0.4, 0.5) is 4.79 Å². The Morgan fingerprint density at radius 2 is 1.89 bits per heavy atom. The largest absolute Gasteiger partial charge is 0.493 e. The van der Waals surface area contributed by atoms with Crippen molar-refractivity contribution in [3.8, 4) is 11.5 Å². The molecule has 27 heavy (non-hydrogen) atoms. The Labute approximate surface area is 162 Å². The highest BCUT2D eigenvalue weighted by Crippen LogP contribution is 2.33. The van der Waals surface area contributed by atoms with E-state index in [1.54, 1.807) is 14.2 Å². The molecule has 0 bridgehead atoms. The average Bonchev–Trinajstić information content (AvgIpc) is 3.17. The van der Waals surface area contributed by atoms with E-state index in [9.17, 15) is 4.79 Å². The van der Waals surface area contributed by atoms with Crippen LogP contribution < -0.4 is 14.8 Å². The molecule has 1 aromatic rings. The molecule has 2 heterocycles. The number of nitrogens with zero attached hydrogens (tertiary/aromatic N) is 2. The van der Waals surface area contributed by atoms with Gasteiger partial charge in [0.25, 0.3) is 0 Å². The van der Waals surface area contributed by atoms with Crippen molar-refractivity contribution in [2.75, 3.05) is 46.9 Å². The minimum absolute atomic E-state index is 0.0611. The minimum atomic E-state index is 0.0611. The number of likely N-dealkylation sites (tertiary alicyclic amines) is 2. The zero-order valence-corrected chi connectivity index (χ0v) is 16.9. The highest BCUT2D eigenvalue weighted by molar-refractivity contribution is 5.73. The van der Waals surface area contributed by atoms with Crippen molar-refractivity contribution in [1.29, 1.82) is 0 Å². The van der Waals surface area contributed by atoms with Crippen LogP contribution in [0.25, 0.3) is 0 Å². The monoisotopic (exact) mass is 375 g/mol. The third-order valence-electron chi connectivity index (χ3n) is 5.95. The van der Waals surface area contributed by atoms with E-state index in [0.717, 1.165) is 68.9 Å². The third kappa shape index (κ3) is 4.86. The molecule has 1 aromatic carbocycles. The molecule has 6 nitrogen and oxygen atoms in total. The molecule has 1 atom stereocenters. The van der Waals surface area contributed by atoms with Gasteiger partial charge in [0.05, 0.1) is 13.7 Å². The number of hydrogen-bond acceptors (Lipinski definition) is 4. The molecule has 1 unspecified atom stereocenters. The molecule has 2 aliphatic rings. The highest BCUT2D eigenvalue weighted by atomic mass is 16.5. The second kappa shape index (κ2) is 9.31. The Kier molecular flexibility index (Phi) is 6.83. The number of benzene rings is 1. The first-order valence-electron chi connectivity index (χ1n) is 10.1. The number of carbonyl (C=O) groups excluding carboxylic acids is 1. The van der Waals surface area contributed by atoms with Crippen LogP contribution in [0.1, 0.15) is 31.7 Å². The lowest BCUT2D eigenvalue weighted by atomic mass is 9.84. The summed E-state index contributed by atoms with van der Waals surface area (Å²) in [5, 5.41) is 2.73. The van der Waals surface area contributed by atoms with Crippen molar-refractivity contribution in [1.82, 2.24) is 15.1 Å². The Hall–Kier alpha value is -1.95.